The van der Waals surface area contributed by atoms with Crippen molar-refractivity contribution in [1.29, 1.82) is 0 Å². The van der Waals surface area contributed by atoms with E-state index in [0.29, 0.717) is 0 Å². The van der Waals surface area contributed by atoms with E-state index in [2.05, 4.69) is 47.8 Å². The van der Waals surface area contributed by atoms with Crippen molar-refractivity contribution in [1.82, 2.24) is 0 Å². The molecule has 0 rings (SSSR count). The molecule has 2 heteroatoms. The predicted molar refractivity (Wildman–Crippen MR) is 55.7 cm³/mol. The Morgan fingerprint density at radius 3 is 1.92 bits per heavy atom. The molecule has 0 aliphatic heterocycles. The zero-order chi connectivity index (χ0) is 9.23. The third kappa shape index (κ3) is 11.7. The Hall–Kier alpha value is 1.66. The first-order chi connectivity index (χ1) is 5.77. The van der Waals surface area contributed by atoms with Crippen LogP contribution in [0.5, 0.6) is 0 Å². The standard InChI is InChI=1S/C10H22P.Tm/c1-3-4-5-6-7-8-9-10-11-2;/h3-10H2,1-2H3;/q-1;+1. The van der Waals surface area contributed by atoms with Crippen molar-refractivity contribution >= 4 is 3.48 Å². The van der Waals surface area contributed by atoms with E-state index >= 15 is 0 Å². The molecule has 0 bridgehead atoms. The third-order valence-corrected chi connectivity index (χ3v) is 4.13. The fourth-order valence-electron chi connectivity index (χ4n) is 1.27. The molecule has 0 aliphatic rings. The Morgan fingerprint density at radius 2 is 1.42 bits per heavy atom. The van der Waals surface area contributed by atoms with Gasteiger partial charge in [0, 0.05) is 0 Å². The van der Waals surface area contributed by atoms with Gasteiger partial charge in [-0.05, 0) is 0 Å². The summed E-state index contributed by atoms with van der Waals surface area (Å²) in [5.41, 5.74) is 0. The van der Waals surface area contributed by atoms with Crippen LogP contribution in [0.25, 0.3) is 0 Å². The zero-order valence-corrected chi connectivity index (χ0v) is 11.1. The molecule has 0 amide bonds. The fourth-order valence-corrected chi connectivity index (χ4v) is 2.74. The maximum atomic E-state index is 3.12. The first-order valence-corrected chi connectivity index (χ1v) is 9.26. The van der Waals surface area contributed by atoms with E-state index in [1.165, 1.54) is 51.1 Å². The van der Waals surface area contributed by atoms with Gasteiger partial charge < -0.3 is 0 Å². The van der Waals surface area contributed by atoms with Crippen LogP contribution in [0.1, 0.15) is 51.9 Å². The zero-order valence-electron chi connectivity index (χ0n) is 8.38. The Morgan fingerprint density at radius 1 is 0.917 bits per heavy atom. The predicted octanol–water partition coefficient (Wildman–Crippen LogP) is 4.31. The molecule has 0 saturated heterocycles. The average molecular weight is 342 g/mol. The molecule has 12 heavy (non-hydrogen) atoms. The van der Waals surface area contributed by atoms with Gasteiger partial charge in [0.15, 0.2) is 0 Å². The van der Waals surface area contributed by atoms with Crippen LogP contribution in [0, 0.1) is 34.2 Å². The average Bonchev–Trinajstić information content (AvgIpc) is 2.02. The molecule has 0 aromatic carbocycles. The first-order valence-electron chi connectivity index (χ1n) is 5.09. The molecule has 1 atom stereocenters. The van der Waals surface area contributed by atoms with Crippen LogP contribution in [0.3, 0.4) is 0 Å². The molecule has 0 spiro atoms. The van der Waals surface area contributed by atoms with E-state index in [1.807, 2.05) is 0 Å². The third-order valence-electron chi connectivity index (χ3n) is 2.05. The molecule has 0 aliphatic carbocycles. The summed E-state index contributed by atoms with van der Waals surface area (Å²) in [5.74, 6) is 0. The van der Waals surface area contributed by atoms with Gasteiger partial charge in [0.25, 0.3) is 0 Å². The van der Waals surface area contributed by atoms with Crippen LogP contribution in [0.2, 0.25) is 0 Å². The molecule has 80 valence electrons. The van der Waals surface area contributed by atoms with E-state index in [1.54, 1.807) is 0 Å². The monoisotopic (exact) mass is 342 g/mol. The topological polar surface area (TPSA) is 0 Å². The molecule has 0 aromatic rings. The molecule has 0 nitrogen and oxygen atoms in total. The van der Waals surface area contributed by atoms with E-state index in [-0.39, 0.29) is 3.48 Å². The second-order valence-electron chi connectivity index (χ2n) is 3.37. The summed E-state index contributed by atoms with van der Waals surface area (Å²) in [6.45, 7) is 4.61. The summed E-state index contributed by atoms with van der Waals surface area (Å²) >= 11 is 3.12. The Balaban J connectivity index is 2.82. The van der Waals surface area contributed by atoms with Crippen molar-refractivity contribution in [2.75, 3.05) is 12.8 Å². The molecule has 0 heterocycles. The quantitative estimate of drug-likeness (QED) is 0.455. The van der Waals surface area contributed by atoms with Gasteiger partial charge in [-0.3, -0.25) is 0 Å². The minimum absolute atomic E-state index is 0.261. The van der Waals surface area contributed by atoms with Crippen molar-refractivity contribution in [2.24, 2.45) is 0 Å². The van der Waals surface area contributed by atoms with Gasteiger partial charge in [-0.2, -0.15) is 0 Å². The van der Waals surface area contributed by atoms with Crippen LogP contribution in [0.15, 0.2) is 0 Å². The Labute approximate surface area is 101 Å². The van der Waals surface area contributed by atoms with Crippen LogP contribution in [0.4, 0.5) is 0 Å². The Bertz CT molecular complexity index is 83.9. The summed E-state index contributed by atoms with van der Waals surface area (Å²) in [7, 11) is 0. The van der Waals surface area contributed by atoms with Gasteiger partial charge >= 0.3 is 102 Å². The summed E-state index contributed by atoms with van der Waals surface area (Å²) < 4.78 is 0.261. The van der Waals surface area contributed by atoms with Crippen molar-refractivity contribution < 1.29 is 34.2 Å². The molecule has 0 fully saturated rings. The number of hydrogen-bond donors (Lipinski definition) is 0. The number of unbranched alkanes of at least 4 members (excludes halogenated alkanes) is 6. The van der Waals surface area contributed by atoms with Gasteiger partial charge in [-0.25, -0.2) is 0 Å². The van der Waals surface area contributed by atoms with E-state index < -0.39 is 0 Å². The minimum atomic E-state index is 0.261. The molecule has 0 radical (unpaired) electrons. The van der Waals surface area contributed by atoms with Crippen LogP contribution in [-0.2, 0) is 0 Å². The molecular weight excluding hydrogens is 320 g/mol. The number of rotatable bonds is 8. The van der Waals surface area contributed by atoms with Crippen molar-refractivity contribution in [2.45, 2.75) is 51.9 Å². The van der Waals surface area contributed by atoms with Crippen molar-refractivity contribution in [3.05, 3.63) is 0 Å². The summed E-state index contributed by atoms with van der Waals surface area (Å²) in [6.07, 6.45) is 11.5. The number of hydrogen-bond acceptors (Lipinski definition) is 0. The van der Waals surface area contributed by atoms with Gasteiger partial charge in [0.2, 0.25) is 0 Å². The van der Waals surface area contributed by atoms with Gasteiger partial charge in [0.05, 0.1) is 0 Å². The van der Waals surface area contributed by atoms with E-state index in [0.717, 1.165) is 0 Å². The first kappa shape index (κ1) is 13.7. The van der Waals surface area contributed by atoms with Gasteiger partial charge in [-0.1, -0.05) is 0 Å². The second kappa shape index (κ2) is 10.7. The Kier molecular flexibility index (Phi) is 12.2. The summed E-state index contributed by atoms with van der Waals surface area (Å²) in [4.78, 5) is 0. The molecule has 0 saturated carbocycles. The van der Waals surface area contributed by atoms with Gasteiger partial charge in [0.1, 0.15) is 0 Å². The van der Waals surface area contributed by atoms with Gasteiger partial charge in [-0.15, -0.1) is 0 Å². The van der Waals surface area contributed by atoms with E-state index in [9.17, 15) is 0 Å². The molecule has 0 N–H and O–H groups in total. The van der Waals surface area contributed by atoms with Crippen molar-refractivity contribution in [3.63, 3.8) is 0 Å². The fraction of sp³-hybridized carbons (Fsp3) is 1.00. The van der Waals surface area contributed by atoms with E-state index in [4.69, 9.17) is 0 Å². The maximum absolute atomic E-state index is 3.12. The summed E-state index contributed by atoms with van der Waals surface area (Å²) in [5, 5.41) is 0. The second-order valence-corrected chi connectivity index (χ2v) is 8.95. The molecular formula is C10H22PTm. The van der Waals surface area contributed by atoms with Crippen molar-refractivity contribution in [3.8, 4) is 0 Å². The normalized spacial score (nSPS) is 13.3. The van der Waals surface area contributed by atoms with Crippen LogP contribution >= 0.6 is 3.48 Å². The molecule has 0 aromatic heterocycles. The SMILES string of the molecule is CCCCCCCCC[P](C)[Tm]. The molecule has 1 unspecified atom stereocenters. The van der Waals surface area contributed by atoms with Crippen LogP contribution < -0.4 is 0 Å². The van der Waals surface area contributed by atoms with Crippen LogP contribution in [-0.4, -0.2) is 12.8 Å². The summed E-state index contributed by atoms with van der Waals surface area (Å²) in [6, 6.07) is 0.